The summed E-state index contributed by atoms with van der Waals surface area (Å²) in [5, 5.41) is 8.73. The zero-order valence-electron chi connectivity index (χ0n) is 8.43. The second-order valence-electron chi connectivity index (χ2n) is 3.58. The van der Waals surface area contributed by atoms with E-state index in [-0.39, 0.29) is 6.42 Å². The highest BCUT2D eigenvalue weighted by atomic mass is 16.5. The van der Waals surface area contributed by atoms with Gasteiger partial charge in [-0.2, -0.15) is 0 Å². The van der Waals surface area contributed by atoms with Crippen LogP contribution in [0, 0.1) is 6.92 Å². The number of hydrogen-bond donors (Lipinski definition) is 2. The molecule has 15 heavy (non-hydrogen) atoms. The molecule has 0 radical (unpaired) electrons. The number of carboxylic acid groups (broad SMARTS) is 1. The molecule has 1 aromatic heterocycles. The fourth-order valence-corrected chi connectivity index (χ4v) is 1.70. The topological polar surface area (TPSA) is 90.4 Å². The summed E-state index contributed by atoms with van der Waals surface area (Å²) in [4.78, 5) is 14.8. The average Bonchev–Trinajstić information content (AvgIpc) is 2.69. The van der Waals surface area contributed by atoms with Crippen LogP contribution in [0.1, 0.15) is 11.4 Å². The largest absolute Gasteiger partial charge is 0.480 e. The number of fused-ring (bicyclic) bond motifs is 1. The third-order valence-electron chi connectivity index (χ3n) is 2.51. The molecule has 82 valence electrons. The Hall–Kier alpha value is -1.56. The molecule has 0 saturated heterocycles. The van der Waals surface area contributed by atoms with Crippen molar-refractivity contribution in [3.63, 3.8) is 0 Å². The predicted octanol–water partition coefficient (Wildman–Crippen LogP) is -0.462. The molecule has 1 unspecified atom stereocenters. The zero-order valence-corrected chi connectivity index (χ0v) is 8.43. The van der Waals surface area contributed by atoms with E-state index in [2.05, 4.69) is 4.98 Å². The van der Waals surface area contributed by atoms with Gasteiger partial charge in [0.05, 0.1) is 12.2 Å². The van der Waals surface area contributed by atoms with Crippen molar-refractivity contribution in [2.45, 2.75) is 25.9 Å². The molecule has 1 atom stereocenters. The summed E-state index contributed by atoms with van der Waals surface area (Å²) in [6, 6.07) is -0.315. The molecule has 1 aliphatic rings. The highest BCUT2D eigenvalue weighted by molar-refractivity contribution is 5.73. The molecular weight excluding hydrogens is 198 g/mol. The average molecular weight is 211 g/mol. The Morgan fingerprint density at radius 3 is 3.20 bits per heavy atom. The Kier molecular flexibility index (Phi) is 2.36. The lowest BCUT2D eigenvalue weighted by Crippen LogP contribution is -2.33. The molecular formula is C9H13N3O3. The number of aryl methyl sites for hydroxylation is 1. The van der Waals surface area contributed by atoms with E-state index in [1.165, 1.54) is 0 Å². The number of imidazole rings is 1. The van der Waals surface area contributed by atoms with E-state index in [4.69, 9.17) is 15.6 Å². The van der Waals surface area contributed by atoms with E-state index >= 15 is 0 Å². The minimum absolute atomic E-state index is 0.289. The molecule has 3 N–H and O–H groups in total. The first kappa shape index (κ1) is 9.97. The van der Waals surface area contributed by atoms with Crippen molar-refractivity contribution in [2.24, 2.45) is 5.73 Å². The molecule has 0 aromatic carbocycles. The van der Waals surface area contributed by atoms with E-state index in [9.17, 15) is 4.79 Å². The maximum atomic E-state index is 10.7. The molecule has 6 nitrogen and oxygen atoms in total. The van der Waals surface area contributed by atoms with Gasteiger partial charge in [-0.15, -0.1) is 0 Å². The molecule has 0 amide bonds. The van der Waals surface area contributed by atoms with Crippen molar-refractivity contribution in [3.05, 3.63) is 11.4 Å². The first-order valence-corrected chi connectivity index (χ1v) is 4.76. The summed E-state index contributed by atoms with van der Waals surface area (Å²) >= 11 is 0. The van der Waals surface area contributed by atoms with E-state index < -0.39 is 12.0 Å². The zero-order chi connectivity index (χ0) is 11.0. The number of nitrogens with two attached hydrogens (primary N) is 1. The lowest BCUT2D eigenvalue weighted by Gasteiger charge is -2.08. The molecule has 2 rings (SSSR count). The smallest absolute Gasteiger partial charge is 0.320 e. The van der Waals surface area contributed by atoms with E-state index in [1.807, 2.05) is 11.5 Å². The normalized spacial score (nSPS) is 15.9. The summed E-state index contributed by atoms with van der Waals surface area (Å²) in [5.74, 6) is -0.996. The second kappa shape index (κ2) is 3.54. The summed E-state index contributed by atoms with van der Waals surface area (Å²) in [5.41, 5.74) is 7.14. The number of nitrogens with zero attached hydrogens (tertiary/aromatic N) is 2. The second-order valence-corrected chi connectivity index (χ2v) is 3.58. The summed E-state index contributed by atoms with van der Waals surface area (Å²) in [6.45, 7) is 3.15. The first-order chi connectivity index (χ1) is 7.09. The molecule has 2 heterocycles. The van der Waals surface area contributed by atoms with Gasteiger partial charge in [0.1, 0.15) is 12.6 Å². The van der Waals surface area contributed by atoms with Crippen molar-refractivity contribution in [3.8, 4) is 6.01 Å². The van der Waals surface area contributed by atoms with Gasteiger partial charge in [0.2, 0.25) is 0 Å². The van der Waals surface area contributed by atoms with Gasteiger partial charge in [0.15, 0.2) is 0 Å². The minimum Gasteiger partial charge on any atom is -0.480 e. The van der Waals surface area contributed by atoms with Crippen molar-refractivity contribution < 1.29 is 14.6 Å². The third kappa shape index (κ3) is 1.68. The fourth-order valence-electron chi connectivity index (χ4n) is 1.70. The van der Waals surface area contributed by atoms with Crippen LogP contribution in [0.4, 0.5) is 0 Å². The Morgan fingerprint density at radius 1 is 1.80 bits per heavy atom. The lowest BCUT2D eigenvalue weighted by atomic mass is 10.1. The van der Waals surface area contributed by atoms with Crippen LogP contribution >= 0.6 is 0 Å². The Labute approximate surface area is 86.7 Å². The summed E-state index contributed by atoms with van der Waals surface area (Å²) in [6.07, 6.45) is 0.289. The van der Waals surface area contributed by atoms with Gasteiger partial charge in [-0.05, 0) is 6.92 Å². The fraction of sp³-hybridized carbons (Fsp3) is 0.556. The lowest BCUT2D eigenvalue weighted by molar-refractivity contribution is -0.138. The molecule has 0 saturated carbocycles. The van der Waals surface area contributed by atoms with Crippen molar-refractivity contribution in [2.75, 3.05) is 6.61 Å². The number of ether oxygens (including phenoxy) is 1. The maximum Gasteiger partial charge on any atom is 0.320 e. The molecule has 1 aliphatic heterocycles. The van der Waals surface area contributed by atoms with Crippen LogP contribution in [-0.2, 0) is 17.8 Å². The van der Waals surface area contributed by atoms with E-state index in [1.54, 1.807) is 0 Å². The maximum absolute atomic E-state index is 10.7. The summed E-state index contributed by atoms with van der Waals surface area (Å²) < 4.78 is 7.15. The Bertz CT molecular complexity index is 400. The first-order valence-electron chi connectivity index (χ1n) is 4.76. The number of rotatable bonds is 3. The molecule has 0 fully saturated rings. The van der Waals surface area contributed by atoms with Crippen LogP contribution in [0.3, 0.4) is 0 Å². The number of aromatic nitrogens is 2. The quantitative estimate of drug-likeness (QED) is 0.706. The van der Waals surface area contributed by atoms with Crippen LogP contribution in [-0.4, -0.2) is 33.3 Å². The van der Waals surface area contributed by atoms with Gasteiger partial charge < -0.3 is 15.6 Å². The van der Waals surface area contributed by atoms with E-state index in [0.29, 0.717) is 12.6 Å². The van der Waals surface area contributed by atoms with Gasteiger partial charge in [0.25, 0.3) is 6.01 Å². The van der Waals surface area contributed by atoms with Crippen molar-refractivity contribution >= 4 is 5.97 Å². The van der Waals surface area contributed by atoms with Gasteiger partial charge in [-0.1, -0.05) is 0 Å². The standard InChI is InChI=1S/C9H13N3O3/c1-5-7(4-6(10)8(13)14)12-2-3-15-9(12)11-5/h6H,2-4,10H2,1H3,(H,13,14). The van der Waals surface area contributed by atoms with E-state index in [0.717, 1.165) is 17.9 Å². The van der Waals surface area contributed by atoms with Crippen molar-refractivity contribution in [1.82, 2.24) is 9.55 Å². The van der Waals surface area contributed by atoms with Crippen LogP contribution in [0.2, 0.25) is 0 Å². The van der Waals surface area contributed by atoms with Crippen LogP contribution in [0.5, 0.6) is 6.01 Å². The summed E-state index contributed by atoms with van der Waals surface area (Å²) in [7, 11) is 0. The van der Waals surface area contributed by atoms with Crippen molar-refractivity contribution in [1.29, 1.82) is 0 Å². The third-order valence-corrected chi connectivity index (χ3v) is 2.51. The Balaban J connectivity index is 2.24. The SMILES string of the molecule is Cc1nc2n(c1CC(N)C(=O)O)CCO2. The molecule has 0 aliphatic carbocycles. The van der Waals surface area contributed by atoms with Gasteiger partial charge in [0, 0.05) is 12.1 Å². The molecule has 1 aromatic rings. The van der Waals surface area contributed by atoms with Crippen LogP contribution in [0.25, 0.3) is 0 Å². The Morgan fingerprint density at radius 2 is 2.53 bits per heavy atom. The number of carbonyl (C=O) groups is 1. The highest BCUT2D eigenvalue weighted by Crippen LogP contribution is 2.22. The van der Waals surface area contributed by atoms with Gasteiger partial charge in [-0.3, -0.25) is 9.36 Å². The number of aliphatic carboxylic acids is 1. The van der Waals surface area contributed by atoms with Gasteiger partial charge in [-0.25, -0.2) is 4.98 Å². The molecule has 6 heteroatoms. The van der Waals surface area contributed by atoms with Crippen LogP contribution in [0.15, 0.2) is 0 Å². The monoisotopic (exact) mass is 211 g/mol. The predicted molar refractivity (Wildman–Crippen MR) is 51.8 cm³/mol. The number of hydrogen-bond acceptors (Lipinski definition) is 4. The minimum atomic E-state index is -0.996. The highest BCUT2D eigenvalue weighted by Gasteiger charge is 2.23. The van der Waals surface area contributed by atoms with Gasteiger partial charge >= 0.3 is 5.97 Å². The number of carboxylic acids is 1. The molecule has 0 spiro atoms. The molecule has 0 bridgehead atoms. The van der Waals surface area contributed by atoms with Crippen LogP contribution < -0.4 is 10.5 Å².